The highest BCUT2D eigenvalue weighted by molar-refractivity contribution is 9.93. The molecule has 11 aromatic rings. The first kappa shape index (κ1) is 109. The number of carbonyl (C=O) groups is 1. The van der Waals surface area contributed by atoms with Crippen LogP contribution >= 0.6 is 160 Å². The van der Waals surface area contributed by atoms with Gasteiger partial charge in [-0.25, -0.2) is 19.2 Å². The molecule has 38 heteroatoms. The number of aromatic amines is 1. The van der Waals surface area contributed by atoms with E-state index < -0.39 is 0 Å². The van der Waals surface area contributed by atoms with Gasteiger partial charge in [-0.15, -0.1) is 68.0 Å². The van der Waals surface area contributed by atoms with Crippen molar-refractivity contribution in [1.82, 2.24) is 46.7 Å². The van der Waals surface area contributed by atoms with Crippen molar-refractivity contribution in [1.29, 1.82) is 0 Å². The number of fused-ring (bicyclic) bond motifs is 4. The van der Waals surface area contributed by atoms with Crippen molar-refractivity contribution in [2.75, 3.05) is 17.6 Å². The smallest absolute Gasteiger partial charge is 0.373 e. The molecule has 11 aromatic heterocycles. The summed E-state index contributed by atoms with van der Waals surface area (Å²) in [6.45, 7) is 45.0. The van der Waals surface area contributed by atoms with E-state index in [-0.39, 0.29) is 87.4 Å². The van der Waals surface area contributed by atoms with Crippen LogP contribution in [0.2, 0.25) is 0 Å². The van der Waals surface area contributed by atoms with Gasteiger partial charge in [-0.1, -0.05) is 113 Å². The normalized spacial score (nSPS) is 13.7. The van der Waals surface area contributed by atoms with E-state index in [1.165, 1.54) is 102 Å². The Morgan fingerprint density at radius 2 is 0.833 bits per heavy atom. The number of thiophene rings is 6. The van der Waals surface area contributed by atoms with Crippen molar-refractivity contribution >= 4 is 229 Å². The van der Waals surface area contributed by atoms with Crippen molar-refractivity contribution in [3.8, 4) is 0 Å². The van der Waals surface area contributed by atoms with Gasteiger partial charge in [0.15, 0.2) is 0 Å². The van der Waals surface area contributed by atoms with Gasteiger partial charge in [0.1, 0.15) is 25.6 Å². The minimum atomic E-state index is -0.167. The third-order valence-corrected chi connectivity index (χ3v) is 31.0. The molecule has 5 saturated carbocycles. The molecule has 5 fully saturated rings. The van der Waals surface area contributed by atoms with Crippen LogP contribution in [0.3, 0.4) is 0 Å². The standard InChI is InChI=1S/C19H23BrN4O2S.C14H16Br2N2O2S.C14H17BrN2O2S.C14H18N2O2S.C11H19NS.C7H11NS.C4H8O.C3H7N.2CO2.Br2/c1-9(2)8-23-18-15(17(25)24(19(23)26)12-5-6-12)16(20)14(27-18)7-13-10(3)21-22-11(13)4;1-7(2)6-17-13-10(11(16)9(5-15)21-13)12(19)18(14(17)20)8-3-4-8;1-7(2)6-16-13-10(11(15)8(3)20-13)12(18)17(14(16)19)9-4-5-9;1-8(2)7-15-13-11(6-9(3)19-13)12(17)16(14(15)18)10-4-5-10;1-5-10-6-9(4)13-11(10)12-7-8(2)3;1-3-6-4-5(2)9-7(6)8;1-4(2)3-5;4-3-1-2-3;2*2-1-3;1-2/h9,12H,5-8H2,1-4H3,(H,21,22);7-8H,3-6H2,1-2H3;7,9H,4-6H2,1-3H3;6,8,10H,4-5,7H2,1-3H3;6,8,12H,5,7H2,1-4H3;4H,3,8H2,1-2H3;3-4H,1-2H3;3H,1-2,4H2;;;. The number of halogens is 6. The molecule has 0 bridgehead atoms. The number of alkyl halides is 1. The number of nitrogen functional groups attached to an aromatic ring is 1. The maximum absolute atomic E-state index is 13.1. The lowest BCUT2D eigenvalue weighted by molar-refractivity contribution is -0.193. The second-order valence-corrected chi connectivity index (χ2v) is 44.2. The van der Waals surface area contributed by atoms with E-state index >= 15 is 0 Å². The predicted octanol–water partition coefficient (Wildman–Crippen LogP) is 21.0. The first-order valence-corrected chi connectivity index (χ1v) is 54.3. The lowest BCUT2D eigenvalue weighted by Crippen LogP contribution is -2.39. The molecule has 0 radical (unpaired) electrons. The van der Waals surface area contributed by atoms with E-state index in [0.717, 1.165) is 151 Å². The molecule has 5 aliphatic rings. The van der Waals surface area contributed by atoms with Crippen LogP contribution in [-0.4, -0.2) is 77.9 Å². The summed E-state index contributed by atoms with van der Waals surface area (Å²) in [6, 6.07) is 7.31. The van der Waals surface area contributed by atoms with Crippen LogP contribution < -0.4 is 61.8 Å². The average molecular weight is 2240 g/mol. The van der Waals surface area contributed by atoms with Gasteiger partial charge in [-0.2, -0.15) is 24.3 Å². The summed E-state index contributed by atoms with van der Waals surface area (Å²) in [7, 11) is 0. The van der Waals surface area contributed by atoms with Gasteiger partial charge >= 0.3 is 35.1 Å². The van der Waals surface area contributed by atoms with Crippen molar-refractivity contribution in [3.63, 3.8) is 0 Å². The Morgan fingerprint density at radius 3 is 1.15 bits per heavy atom. The first-order valence-electron chi connectivity index (χ1n) is 42.2. The number of rotatable bonds is 21. The van der Waals surface area contributed by atoms with Crippen molar-refractivity contribution in [2.24, 2.45) is 41.2 Å². The number of hydrogen-bond donors (Lipinski definition) is 4. The van der Waals surface area contributed by atoms with E-state index in [1.54, 1.807) is 29.6 Å². The quantitative estimate of drug-likeness (QED) is 0.0383. The Kier molecular flexibility index (Phi) is 43.7. The highest BCUT2D eigenvalue weighted by Crippen LogP contribution is 2.42. The van der Waals surface area contributed by atoms with Crippen LogP contribution in [0.1, 0.15) is 243 Å². The summed E-state index contributed by atoms with van der Waals surface area (Å²) in [5.41, 5.74) is 15.6. The lowest BCUT2D eigenvalue weighted by Gasteiger charge is -2.13. The molecular weight excluding hydrogens is 2120 g/mol. The van der Waals surface area contributed by atoms with Gasteiger partial charge in [-0.3, -0.25) is 60.8 Å². The van der Waals surface area contributed by atoms with Gasteiger partial charge < -0.3 is 21.6 Å². The van der Waals surface area contributed by atoms with Crippen molar-refractivity contribution < 1.29 is 24.0 Å². The zero-order chi connectivity index (χ0) is 94.5. The molecule has 0 saturated heterocycles. The average Bonchev–Trinajstić information content (AvgIpc) is 1.59. The molecule has 0 aromatic carbocycles. The second-order valence-electron chi connectivity index (χ2n) is 34.1. The van der Waals surface area contributed by atoms with Gasteiger partial charge in [0.05, 0.1) is 37.2 Å². The Labute approximate surface area is 807 Å². The fourth-order valence-electron chi connectivity index (χ4n) is 13.2. The Balaban J connectivity index is 0.000000229. The van der Waals surface area contributed by atoms with E-state index in [4.69, 9.17) is 30.6 Å². The second kappa shape index (κ2) is 50.6. The predicted molar refractivity (Wildman–Crippen MR) is 540 cm³/mol. The summed E-state index contributed by atoms with van der Waals surface area (Å²) in [5.74, 6) is 2.33. The highest BCUT2D eigenvalue weighted by atomic mass is 80.9. The topological polar surface area (TPSA) is 354 Å². The Bertz CT molecular complexity index is 6090. The number of aryl methyl sites for hydroxylation is 8. The lowest BCUT2D eigenvalue weighted by atomic mass is 10.1. The molecule has 26 nitrogen and oxygen atoms in total. The minimum absolute atomic E-state index is 0.0569. The molecule has 16 rings (SSSR count). The highest BCUT2D eigenvalue weighted by Gasteiger charge is 2.35. The Morgan fingerprint density at radius 1 is 0.492 bits per heavy atom. The minimum Gasteiger partial charge on any atom is -0.390 e. The molecule has 692 valence electrons. The van der Waals surface area contributed by atoms with Crippen molar-refractivity contribution in [3.05, 3.63) is 172 Å². The van der Waals surface area contributed by atoms with Gasteiger partial charge in [0.25, 0.3) is 22.2 Å². The van der Waals surface area contributed by atoms with Crippen LogP contribution in [0.4, 0.5) is 10.0 Å². The summed E-state index contributed by atoms with van der Waals surface area (Å²) < 4.78 is 15.5. The van der Waals surface area contributed by atoms with Crippen LogP contribution in [0, 0.1) is 77.0 Å². The first-order chi connectivity index (χ1) is 59.5. The van der Waals surface area contributed by atoms with E-state index in [1.807, 2.05) is 58.9 Å². The van der Waals surface area contributed by atoms with Gasteiger partial charge in [-0.05, 0) is 225 Å². The largest absolute Gasteiger partial charge is 0.390 e. The fourth-order valence-corrected chi connectivity index (χ4v) is 22.9. The third-order valence-electron chi connectivity index (χ3n) is 19.9. The number of nitrogens with zero attached hydrogens (tertiary/aromatic N) is 9. The number of nitrogens with one attached hydrogen (secondary N) is 2. The SMILES string of the molecule is BrBr.CC(C)C=O.CC(C)Cn1c(=O)n(C2CC2)c(=O)c2c(Br)c(CBr)sc21.CCc1cc(C)sc1N.CCc1cc(C)sc1NCC(C)C.Cc1cc2c(=O)n(C3CC3)c(=O)n(CC(C)C)c2s1.Cc1n[nH]c(C)c1Cc1sc2c(c1Br)c(=O)n(C1CC1)c(=O)n2CC(C)C.Cc1sc2c(c1Br)c(=O)n(C1CC1)c(=O)n2CC(C)C.NC1CC1.O=C=O.O=C=O. The third kappa shape index (κ3) is 29.3. The van der Waals surface area contributed by atoms with E-state index in [2.05, 4.69) is 217 Å². The Hall–Kier alpha value is -5.96. The molecule has 0 unspecified atom stereocenters. The number of nitrogens with two attached hydrogens (primary N) is 2. The summed E-state index contributed by atoms with van der Waals surface area (Å²) in [6.07, 6.45) is 14.2. The molecule has 126 heavy (non-hydrogen) atoms. The maximum atomic E-state index is 13.1. The van der Waals surface area contributed by atoms with Gasteiger partial charge in [0.2, 0.25) is 0 Å². The molecule has 0 aliphatic heterocycles. The fraction of sp³-hybridized carbons (Fsp3) is 0.568. The zero-order valence-corrected chi connectivity index (χ0v) is 89.7. The monoisotopic (exact) mass is 2230 g/mol. The summed E-state index contributed by atoms with van der Waals surface area (Å²) >= 11 is 29.3. The number of aromatic nitrogens is 10. The van der Waals surface area contributed by atoms with Crippen LogP contribution in [0.25, 0.3) is 40.9 Å². The summed E-state index contributed by atoms with van der Waals surface area (Å²) in [4.78, 5) is 154. The van der Waals surface area contributed by atoms with E-state index in [9.17, 15) is 43.2 Å². The number of H-pyrrole nitrogens is 1. The number of anilines is 2. The zero-order valence-electron chi connectivity index (χ0n) is 75.3. The number of hydrogen-bond acceptors (Lipinski definition) is 23. The van der Waals surface area contributed by atoms with Crippen LogP contribution in [0.5, 0.6) is 0 Å². The molecule has 5 aliphatic carbocycles. The van der Waals surface area contributed by atoms with Crippen LogP contribution in [-0.2, 0) is 74.7 Å². The molecule has 0 spiro atoms. The molecule has 0 atom stereocenters. The van der Waals surface area contributed by atoms with Crippen LogP contribution in [0.15, 0.2) is 70.0 Å². The molecule has 11 heterocycles. The summed E-state index contributed by atoms with van der Waals surface area (Å²) in [5, 5.41) is 16.5. The van der Waals surface area contributed by atoms with Crippen molar-refractivity contribution in [2.45, 2.75) is 284 Å². The molecular formula is C88H119Br6N13O13S6. The maximum Gasteiger partial charge on any atom is 0.373 e. The molecule has 0 amide bonds. The number of aldehydes is 1. The van der Waals surface area contributed by atoms with E-state index in [0.29, 0.717) is 95.1 Å². The molecule has 6 N–H and O–H groups in total. The van der Waals surface area contributed by atoms with Gasteiger partial charge in [0, 0.05) is 163 Å². The number of carbonyl (C=O) groups excluding carboxylic acids is 5.